The highest BCUT2D eigenvalue weighted by Gasteiger charge is 2.52. The van der Waals surface area contributed by atoms with E-state index in [1.54, 1.807) is 0 Å². The van der Waals surface area contributed by atoms with Crippen molar-refractivity contribution >= 4 is 11.9 Å². The molecule has 0 saturated carbocycles. The van der Waals surface area contributed by atoms with E-state index in [4.69, 9.17) is 5.73 Å². The second-order valence-electron chi connectivity index (χ2n) is 4.79. The molecular weight excluding hydrogens is 253 g/mol. The lowest BCUT2D eigenvalue weighted by atomic mass is 9.88. The Labute approximate surface area is 101 Å². The number of ether oxygens (including phenoxy) is 1. The first-order valence-electron chi connectivity index (χ1n) is 5.58. The quantitative estimate of drug-likeness (QED) is 0.701. The summed E-state index contributed by atoms with van der Waals surface area (Å²) in [5.41, 5.74) is 4.23. The summed E-state index contributed by atoms with van der Waals surface area (Å²) < 4.78 is 40.7. The third kappa shape index (κ3) is 2.29. The van der Waals surface area contributed by atoms with Crippen LogP contribution in [0.4, 0.5) is 13.2 Å². The Morgan fingerprint density at radius 2 is 2.06 bits per heavy atom. The number of carbonyl (C=O) groups excluding carboxylic acids is 2. The van der Waals surface area contributed by atoms with Gasteiger partial charge in [-0.15, -0.1) is 0 Å². The number of fused-ring (bicyclic) bond motifs is 2. The second kappa shape index (κ2) is 4.11. The van der Waals surface area contributed by atoms with Gasteiger partial charge in [0.05, 0.1) is 0 Å². The average Bonchev–Trinajstić information content (AvgIpc) is 2.54. The monoisotopic (exact) mass is 266 g/mol. The summed E-state index contributed by atoms with van der Waals surface area (Å²) in [6.45, 7) is 0. The van der Waals surface area contributed by atoms with Gasteiger partial charge >= 0.3 is 12.1 Å². The van der Waals surface area contributed by atoms with Gasteiger partial charge in [0.15, 0.2) is 0 Å². The molecule has 0 radical (unpaired) electrons. The minimum Gasteiger partial charge on any atom is -0.456 e. The molecule has 102 valence electrons. The largest absolute Gasteiger partial charge is 0.490 e. The Bertz CT molecular complexity index is 385. The van der Waals surface area contributed by atoms with Gasteiger partial charge in [0.1, 0.15) is 11.6 Å². The van der Waals surface area contributed by atoms with Gasteiger partial charge in [-0.25, -0.2) is 4.79 Å². The molecule has 3 unspecified atom stereocenters. The molecule has 18 heavy (non-hydrogen) atoms. The Kier molecular flexibility index (Phi) is 3.00. The van der Waals surface area contributed by atoms with Crippen LogP contribution < -0.4 is 11.1 Å². The molecule has 0 aromatic rings. The average molecular weight is 266 g/mol. The fraction of sp³-hybridized carbons (Fsp3) is 0.800. The van der Waals surface area contributed by atoms with Crippen molar-refractivity contribution in [3.8, 4) is 0 Å². The summed E-state index contributed by atoms with van der Waals surface area (Å²) in [7, 11) is 0. The summed E-state index contributed by atoms with van der Waals surface area (Å²) in [5, 5.41) is 3.00. The van der Waals surface area contributed by atoms with E-state index in [0.29, 0.717) is 12.8 Å². The number of nitrogens with one attached hydrogen (secondary N) is 1. The normalized spacial score (nSPS) is 35.3. The smallest absolute Gasteiger partial charge is 0.456 e. The number of carbonyl (C=O) groups is 2. The van der Waals surface area contributed by atoms with Gasteiger partial charge in [-0.2, -0.15) is 13.2 Å². The van der Waals surface area contributed by atoms with Gasteiger partial charge in [0.2, 0.25) is 5.91 Å². The lowest BCUT2D eigenvalue weighted by molar-refractivity contribution is -0.207. The number of halogens is 3. The van der Waals surface area contributed by atoms with E-state index >= 15 is 0 Å². The van der Waals surface area contributed by atoms with E-state index < -0.39 is 29.7 Å². The zero-order valence-corrected chi connectivity index (χ0v) is 9.42. The molecule has 0 aromatic heterocycles. The first-order valence-corrected chi connectivity index (χ1v) is 5.58. The summed E-state index contributed by atoms with van der Waals surface area (Å²) in [6.07, 6.45) is -4.54. The van der Waals surface area contributed by atoms with Crippen molar-refractivity contribution < 1.29 is 27.5 Å². The van der Waals surface area contributed by atoms with E-state index in [1.165, 1.54) is 0 Å². The molecule has 5 nitrogen and oxygen atoms in total. The van der Waals surface area contributed by atoms with Crippen molar-refractivity contribution in [3.63, 3.8) is 0 Å². The minimum atomic E-state index is -5.01. The standard InChI is InChI=1S/C10H13F3N2O3/c11-10(12,13)8(17)18-6-3-5-1-2-9(4-6,15-5)7(14)16/h5-6,15H,1-4H2,(H2,14,16). The molecule has 2 aliphatic rings. The molecule has 0 aromatic carbocycles. The number of primary amides is 1. The molecule has 0 spiro atoms. The third-order valence-corrected chi connectivity index (χ3v) is 3.50. The second-order valence-corrected chi connectivity index (χ2v) is 4.79. The molecule has 2 bridgehead atoms. The third-order valence-electron chi connectivity index (χ3n) is 3.50. The van der Waals surface area contributed by atoms with E-state index in [2.05, 4.69) is 10.1 Å². The zero-order valence-electron chi connectivity index (χ0n) is 9.42. The Hall–Kier alpha value is -1.31. The van der Waals surface area contributed by atoms with Crippen LogP contribution in [0.15, 0.2) is 0 Å². The molecule has 2 saturated heterocycles. The summed E-state index contributed by atoms with van der Waals surface area (Å²) in [5.74, 6) is -2.83. The lowest BCUT2D eigenvalue weighted by Crippen LogP contribution is -2.59. The molecule has 2 heterocycles. The van der Waals surface area contributed by atoms with Crippen LogP contribution in [-0.4, -0.2) is 35.7 Å². The van der Waals surface area contributed by atoms with Gasteiger partial charge in [0.25, 0.3) is 0 Å². The number of piperidine rings is 1. The number of nitrogens with two attached hydrogens (primary N) is 1. The van der Waals surface area contributed by atoms with Crippen LogP contribution in [0.2, 0.25) is 0 Å². The molecule has 2 aliphatic heterocycles. The summed E-state index contributed by atoms with van der Waals surface area (Å²) >= 11 is 0. The van der Waals surface area contributed by atoms with Crippen molar-refractivity contribution in [2.75, 3.05) is 0 Å². The van der Waals surface area contributed by atoms with E-state index in [0.717, 1.165) is 0 Å². The van der Waals surface area contributed by atoms with Crippen molar-refractivity contribution in [3.05, 3.63) is 0 Å². The van der Waals surface area contributed by atoms with Crippen molar-refractivity contribution in [1.82, 2.24) is 5.32 Å². The van der Waals surface area contributed by atoms with E-state index in [-0.39, 0.29) is 18.9 Å². The van der Waals surface area contributed by atoms with Crippen LogP contribution in [0.25, 0.3) is 0 Å². The maximum atomic E-state index is 12.1. The molecule has 2 fully saturated rings. The van der Waals surface area contributed by atoms with Gasteiger partial charge in [-0.3, -0.25) is 4.79 Å². The number of hydrogen-bond donors (Lipinski definition) is 2. The molecular formula is C10H13F3N2O3. The van der Waals surface area contributed by atoms with Crippen LogP contribution in [0.3, 0.4) is 0 Å². The van der Waals surface area contributed by atoms with Crippen molar-refractivity contribution in [2.45, 2.75) is 49.5 Å². The summed E-state index contributed by atoms with van der Waals surface area (Å²) in [4.78, 5) is 22.1. The molecule has 0 aliphatic carbocycles. The first-order chi connectivity index (χ1) is 8.23. The number of alkyl halides is 3. The van der Waals surface area contributed by atoms with Crippen molar-refractivity contribution in [2.24, 2.45) is 5.73 Å². The van der Waals surface area contributed by atoms with Crippen LogP contribution >= 0.6 is 0 Å². The SMILES string of the molecule is NC(=O)C12CCC(CC(OC(=O)C(F)(F)F)C1)N2. The van der Waals surface area contributed by atoms with E-state index in [9.17, 15) is 22.8 Å². The molecule has 3 atom stereocenters. The van der Waals surface area contributed by atoms with Gasteiger partial charge in [-0.05, 0) is 19.3 Å². The predicted octanol–water partition coefficient (Wildman–Crippen LogP) is 0.230. The number of hydrogen-bond acceptors (Lipinski definition) is 4. The van der Waals surface area contributed by atoms with Crippen LogP contribution in [-0.2, 0) is 14.3 Å². The van der Waals surface area contributed by atoms with Gasteiger partial charge in [0, 0.05) is 12.5 Å². The van der Waals surface area contributed by atoms with Crippen molar-refractivity contribution in [1.29, 1.82) is 0 Å². The Morgan fingerprint density at radius 3 is 2.61 bits per heavy atom. The van der Waals surface area contributed by atoms with E-state index in [1.807, 2.05) is 0 Å². The Balaban J connectivity index is 2.05. The van der Waals surface area contributed by atoms with Gasteiger partial charge < -0.3 is 15.8 Å². The highest BCUT2D eigenvalue weighted by Crippen LogP contribution is 2.37. The topological polar surface area (TPSA) is 81.4 Å². The number of amides is 1. The van der Waals surface area contributed by atoms with Gasteiger partial charge in [-0.1, -0.05) is 0 Å². The maximum absolute atomic E-state index is 12.1. The van der Waals surface area contributed by atoms with Crippen LogP contribution in [0, 0.1) is 0 Å². The highest BCUT2D eigenvalue weighted by molar-refractivity contribution is 5.85. The number of rotatable bonds is 2. The van der Waals surface area contributed by atoms with Crippen LogP contribution in [0.5, 0.6) is 0 Å². The molecule has 8 heteroatoms. The lowest BCUT2D eigenvalue weighted by Gasteiger charge is -2.36. The fourth-order valence-corrected chi connectivity index (χ4v) is 2.69. The highest BCUT2D eigenvalue weighted by atomic mass is 19.4. The fourth-order valence-electron chi connectivity index (χ4n) is 2.69. The van der Waals surface area contributed by atoms with Crippen LogP contribution in [0.1, 0.15) is 25.7 Å². The maximum Gasteiger partial charge on any atom is 0.490 e. The Morgan fingerprint density at radius 1 is 1.39 bits per heavy atom. The predicted molar refractivity (Wildman–Crippen MR) is 53.3 cm³/mol. The minimum absolute atomic E-state index is 0.000648. The molecule has 1 amide bonds. The molecule has 2 rings (SSSR count). The first kappa shape index (κ1) is 13.1. The summed E-state index contributed by atoms with van der Waals surface area (Å²) in [6, 6.07) is -0.128. The zero-order chi connectivity index (χ0) is 13.6. The molecule has 3 N–H and O–H groups in total. The number of esters is 1.